The summed E-state index contributed by atoms with van der Waals surface area (Å²) in [7, 11) is 0. The van der Waals surface area contributed by atoms with Crippen molar-refractivity contribution in [2.24, 2.45) is 10.9 Å². The van der Waals surface area contributed by atoms with Gasteiger partial charge in [-0.25, -0.2) is 4.99 Å². The van der Waals surface area contributed by atoms with E-state index in [0.717, 1.165) is 38.4 Å². The van der Waals surface area contributed by atoms with Crippen LogP contribution in [0, 0.1) is 12.8 Å². The van der Waals surface area contributed by atoms with Crippen molar-refractivity contribution >= 4 is 11.9 Å². The largest absolute Gasteiger partial charge is 0.465 e. The molecule has 0 unspecified atom stereocenters. The lowest BCUT2D eigenvalue weighted by Gasteiger charge is -2.25. The lowest BCUT2D eigenvalue weighted by atomic mass is 10.1. The van der Waals surface area contributed by atoms with Crippen LogP contribution in [0.5, 0.6) is 0 Å². The van der Waals surface area contributed by atoms with Gasteiger partial charge < -0.3 is 9.47 Å². The molecular weight excluding hydrogens is 318 g/mol. The van der Waals surface area contributed by atoms with Crippen LogP contribution in [0.4, 0.5) is 0 Å². The van der Waals surface area contributed by atoms with Gasteiger partial charge in [0.1, 0.15) is 0 Å². The van der Waals surface area contributed by atoms with Gasteiger partial charge in [-0.05, 0) is 24.5 Å². The number of aryl methyl sites for hydroxylation is 1. The number of ether oxygens (including phenoxy) is 2. The molecule has 1 heterocycles. The zero-order chi connectivity index (χ0) is 18.1. The Morgan fingerprint density at radius 2 is 2.04 bits per heavy atom. The maximum atomic E-state index is 12.5. The summed E-state index contributed by atoms with van der Waals surface area (Å²) < 4.78 is 11.0. The van der Waals surface area contributed by atoms with Gasteiger partial charge in [0.2, 0.25) is 0 Å². The Balaban J connectivity index is 1.95. The van der Waals surface area contributed by atoms with Crippen LogP contribution in [0.25, 0.3) is 0 Å². The Morgan fingerprint density at radius 3 is 2.72 bits per heavy atom. The summed E-state index contributed by atoms with van der Waals surface area (Å²) in [5.74, 6) is 0.173. The summed E-state index contributed by atoms with van der Waals surface area (Å²) in [4.78, 5) is 19.3. The minimum absolute atomic E-state index is 0.188. The fourth-order valence-corrected chi connectivity index (χ4v) is 2.48. The standard InChI is InChI=1S/C19H29N3O3/c1-15(2)14-25-19(20-8-9-22-10-12-24-13-11-22)21-18(23)17-7-5-4-6-16(17)3/h4-7,15H,8-14H2,1-3H3,(H,20,21,23). The molecule has 1 aromatic rings. The number of carbonyl (C=O) groups excluding carboxylic acids is 1. The highest BCUT2D eigenvalue weighted by Gasteiger charge is 2.13. The molecule has 138 valence electrons. The predicted molar refractivity (Wildman–Crippen MR) is 99.0 cm³/mol. The van der Waals surface area contributed by atoms with E-state index >= 15 is 0 Å². The molecule has 6 nitrogen and oxygen atoms in total. The van der Waals surface area contributed by atoms with Gasteiger partial charge >= 0.3 is 0 Å². The predicted octanol–water partition coefficient (Wildman–Crippen LogP) is 2.09. The lowest BCUT2D eigenvalue weighted by molar-refractivity contribution is 0.0394. The van der Waals surface area contributed by atoms with Crippen LogP contribution in [0.3, 0.4) is 0 Å². The summed E-state index contributed by atoms with van der Waals surface area (Å²) in [6, 6.07) is 7.79. The van der Waals surface area contributed by atoms with Crippen LogP contribution in [0.2, 0.25) is 0 Å². The average Bonchev–Trinajstić information content (AvgIpc) is 2.60. The van der Waals surface area contributed by atoms with Gasteiger partial charge in [0.15, 0.2) is 0 Å². The summed E-state index contributed by atoms with van der Waals surface area (Å²) in [6.07, 6.45) is 0. The molecular formula is C19H29N3O3. The molecule has 1 aliphatic heterocycles. The maximum Gasteiger partial charge on any atom is 0.291 e. The third kappa shape index (κ3) is 6.84. The van der Waals surface area contributed by atoms with E-state index in [1.54, 1.807) is 6.07 Å². The summed E-state index contributed by atoms with van der Waals surface area (Å²) in [5.41, 5.74) is 1.56. The zero-order valence-corrected chi connectivity index (χ0v) is 15.5. The van der Waals surface area contributed by atoms with Crippen molar-refractivity contribution in [3.63, 3.8) is 0 Å². The number of nitrogens with one attached hydrogen (secondary N) is 1. The third-order valence-electron chi connectivity index (χ3n) is 3.94. The van der Waals surface area contributed by atoms with Gasteiger partial charge in [0.05, 0.1) is 26.4 Å². The number of benzene rings is 1. The second-order valence-corrected chi connectivity index (χ2v) is 6.61. The van der Waals surface area contributed by atoms with Gasteiger partial charge in [-0.3, -0.25) is 15.0 Å². The zero-order valence-electron chi connectivity index (χ0n) is 15.5. The minimum Gasteiger partial charge on any atom is -0.465 e. The van der Waals surface area contributed by atoms with E-state index in [0.29, 0.717) is 30.7 Å². The Bertz CT molecular complexity index is 581. The van der Waals surface area contributed by atoms with Crippen molar-refractivity contribution in [2.75, 3.05) is 46.0 Å². The van der Waals surface area contributed by atoms with E-state index in [1.165, 1.54) is 0 Å². The Hall–Kier alpha value is -1.92. The number of amides is 1. The number of nitrogens with zero attached hydrogens (tertiary/aromatic N) is 2. The van der Waals surface area contributed by atoms with E-state index in [2.05, 4.69) is 29.1 Å². The van der Waals surface area contributed by atoms with Crippen molar-refractivity contribution in [1.29, 1.82) is 0 Å². The first kappa shape index (κ1) is 19.4. The smallest absolute Gasteiger partial charge is 0.291 e. The number of aliphatic imine (C=N–C) groups is 1. The highest BCUT2D eigenvalue weighted by molar-refractivity contribution is 6.04. The molecule has 0 bridgehead atoms. The van der Waals surface area contributed by atoms with Gasteiger partial charge in [-0.1, -0.05) is 32.0 Å². The average molecular weight is 347 g/mol. The second-order valence-electron chi connectivity index (χ2n) is 6.61. The Labute approximate surface area is 150 Å². The number of hydrogen-bond acceptors (Lipinski definition) is 5. The maximum absolute atomic E-state index is 12.5. The van der Waals surface area contributed by atoms with Crippen molar-refractivity contribution in [2.45, 2.75) is 20.8 Å². The second kappa shape index (κ2) is 10.2. The van der Waals surface area contributed by atoms with Gasteiger partial charge in [-0.2, -0.15) is 0 Å². The van der Waals surface area contributed by atoms with E-state index < -0.39 is 0 Å². The number of hydrogen-bond donors (Lipinski definition) is 1. The Morgan fingerprint density at radius 1 is 1.32 bits per heavy atom. The van der Waals surface area contributed by atoms with E-state index in [1.807, 2.05) is 25.1 Å². The summed E-state index contributed by atoms with van der Waals surface area (Å²) in [6.45, 7) is 11.4. The molecule has 6 heteroatoms. The van der Waals surface area contributed by atoms with Crippen LogP contribution < -0.4 is 5.32 Å². The van der Waals surface area contributed by atoms with E-state index in [-0.39, 0.29) is 5.91 Å². The number of morpholine rings is 1. The molecule has 1 aromatic carbocycles. The normalized spacial score (nSPS) is 16.1. The van der Waals surface area contributed by atoms with Crippen molar-refractivity contribution in [3.05, 3.63) is 35.4 Å². The monoisotopic (exact) mass is 347 g/mol. The molecule has 0 atom stereocenters. The molecule has 1 N–H and O–H groups in total. The molecule has 0 spiro atoms. The third-order valence-corrected chi connectivity index (χ3v) is 3.94. The van der Waals surface area contributed by atoms with Crippen LogP contribution in [0.1, 0.15) is 29.8 Å². The van der Waals surface area contributed by atoms with Crippen LogP contribution >= 0.6 is 0 Å². The first-order valence-electron chi connectivity index (χ1n) is 8.90. The summed E-state index contributed by atoms with van der Waals surface area (Å²) in [5, 5.41) is 2.81. The van der Waals surface area contributed by atoms with Crippen LogP contribution in [-0.4, -0.2) is 62.8 Å². The molecule has 25 heavy (non-hydrogen) atoms. The fourth-order valence-electron chi connectivity index (χ4n) is 2.48. The first-order chi connectivity index (χ1) is 12.1. The quantitative estimate of drug-likeness (QED) is 0.632. The highest BCUT2D eigenvalue weighted by Crippen LogP contribution is 2.07. The summed E-state index contributed by atoms with van der Waals surface area (Å²) >= 11 is 0. The molecule has 1 saturated heterocycles. The topological polar surface area (TPSA) is 63.2 Å². The number of rotatable bonds is 6. The molecule has 0 aromatic heterocycles. The van der Waals surface area contributed by atoms with Gasteiger partial charge in [0, 0.05) is 25.2 Å². The van der Waals surface area contributed by atoms with Gasteiger partial charge in [0.25, 0.3) is 11.9 Å². The number of carbonyl (C=O) groups is 1. The van der Waals surface area contributed by atoms with Gasteiger partial charge in [-0.15, -0.1) is 0 Å². The molecule has 0 radical (unpaired) electrons. The molecule has 2 rings (SSSR count). The molecule has 1 fully saturated rings. The molecule has 1 aliphatic rings. The van der Waals surface area contributed by atoms with Crippen LogP contribution in [-0.2, 0) is 9.47 Å². The Kier molecular flexibility index (Phi) is 7.88. The lowest BCUT2D eigenvalue weighted by Crippen LogP contribution is -2.38. The fraction of sp³-hybridized carbons (Fsp3) is 0.579. The minimum atomic E-state index is -0.188. The van der Waals surface area contributed by atoms with Crippen LogP contribution in [0.15, 0.2) is 29.3 Å². The highest BCUT2D eigenvalue weighted by atomic mass is 16.5. The van der Waals surface area contributed by atoms with E-state index in [4.69, 9.17) is 9.47 Å². The van der Waals surface area contributed by atoms with Crippen molar-refractivity contribution < 1.29 is 14.3 Å². The molecule has 1 amide bonds. The molecule has 0 aliphatic carbocycles. The van der Waals surface area contributed by atoms with Crippen molar-refractivity contribution in [1.82, 2.24) is 10.2 Å². The number of amidine groups is 1. The van der Waals surface area contributed by atoms with Crippen molar-refractivity contribution in [3.8, 4) is 0 Å². The first-order valence-corrected chi connectivity index (χ1v) is 8.90. The van der Waals surface area contributed by atoms with E-state index in [9.17, 15) is 4.79 Å². The molecule has 0 saturated carbocycles. The SMILES string of the molecule is Cc1ccccc1C(=O)NC(=NCCN1CCOCC1)OCC(C)C.